The molecule has 0 unspecified atom stereocenters. The number of carbonyl (C=O) groups excluding carboxylic acids is 1. The molecule has 0 atom stereocenters. The number of carbonyl (C=O) groups is 1. The van der Waals surface area contributed by atoms with Gasteiger partial charge in [0.1, 0.15) is 11.8 Å². The van der Waals surface area contributed by atoms with Gasteiger partial charge in [-0.05, 0) is 55.2 Å². The first-order chi connectivity index (χ1) is 13.6. The number of hydrogen-bond donors (Lipinski definition) is 1. The van der Waals surface area contributed by atoms with E-state index >= 15 is 0 Å². The summed E-state index contributed by atoms with van der Waals surface area (Å²) in [4.78, 5) is 13.4. The molecule has 0 spiro atoms. The Balaban J connectivity index is 1.88. The molecule has 0 aliphatic heterocycles. The summed E-state index contributed by atoms with van der Waals surface area (Å²) < 4.78 is 5.60. The standard InChI is InChI=1S/C23H25ClN2O2/c1-2-14-28-20-10-11-21(17(15-20)16-25)26-22(27)23(12-4-3-5-13-23)18-6-8-19(24)9-7-18/h6-11,15H,2-5,12-14H2,1H3,(H,26,27). The molecule has 1 saturated carbocycles. The van der Waals surface area contributed by atoms with Crippen LogP contribution in [0, 0.1) is 11.3 Å². The van der Waals surface area contributed by atoms with Gasteiger partial charge >= 0.3 is 0 Å². The third-order valence-electron chi connectivity index (χ3n) is 5.37. The van der Waals surface area contributed by atoms with Crippen LogP contribution in [0.2, 0.25) is 5.02 Å². The minimum absolute atomic E-state index is 0.0618. The average Bonchev–Trinajstić information content (AvgIpc) is 2.73. The maximum atomic E-state index is 13.4. The number of rotatable bonds is 6. The lowest BCUT2D eigenvalue weighted by Crippen LogP contribution is -2.42. The molecule has 1 aliphatic rings. The van der Waals surface area contributed by atoms with E-state index in [1.807, 2.05) is 31.2 Å². The smallest absolute Gasteiger partial charge is 0.235 e. The quantitative estimate of drug-likeness (QED) is 0.666. The zero-order valence-electron chi connectivity index (χ0n) is 16.1. The number of anilines is 1. The topological polar surface area (TPSA) is 62.1 Å². The van der Waals surface area contributed by atoms with Gasteiger partial charge in [0.05, 0.1) is 23.3 Å². The van der Waals surface area contributed by atoms with Gasteiger partial charge in [-0.15, -0.1) is 0 Å². The molecule has 5 heteroatoms. The molecule has 0 saturated heterocycles. The maximum absolute atomic E-state index is 13.4. The lowest BCUT2D eigenvalue weighted by molar-refractivity contribution is -0.122. The number of amides is 1. The Bertz CT molecular complexity index is 865. The fraction of sp³-hybridized carbons (Fsp3) is 0.391. The fourth-order valence-corrected chi connectivity index (χ4v) is 3.97. The van der Waals surface area contributed by atoms with E-state index in [1.54, 1.807) is 18.2 Å². The molecule has 3 rings (SSSR count). The van der Waals surface area contributed by atoms with Crippen molar-refractivity contribution in [1.82, 2.24) is 0 Å². The molecule has 2 aromatic rings. The number of halogens is 1. The van der Waals surface area contributed by atoms with Gasteiger partial charge in [-0.2, -0.15) is 5.26 Å². The van der Waals surface area contributed by atoms with Gasteiger partial charge in [-0.3, -0.25) is 4.79 Å². The highest BCUT2D eigenvalue weighted by molar-refractivity contribution is 6.30. The molecule has 1 fully saturated rings. The van der Waals surface area contributed by atoms with Crippen molar-refractivity contribution in [2.75, 3.05) is 11.9 Å². The van der Waals surface area contributed by atoms with Gasteiger partial charge < -0.3 is 10.1 Å². The zero-order chi connectivity index (χ0) is 20.0. The second-order valence-corrected chi connectivity index (χ2v) is 7.71. The van der Waals surface area contributed by atoms with Crippen molar-refractivity contribution in [3.8, 4) is 11.8 Å². The van der Waals surface area contributed by atoms with Crippen molar-refractivity contribution in [1.29, 1.82) is 5.26 Å². The third kappa shape index (κ3) is 4.31. The molecule has 1 N–H and O–H groups in total. The summed E-state index contributed by atoms with van der Waals surface area (Å²) in [6.45, 7) is 2.62. The summed E-state index contributed by atoms with van der Waals surface area (Å²) in [7, 11) is 0. The van der Waals surface area contributed by atoms with Crippen LogP contribution in [0.1, 0.15) is 56.6 Å². The van der Waals surface area contributed by atoms with Crippen LogP contribution in [0.15, 0.2) is 42.5 Å². The van der Waals surface area contributed by atoms with Crippen LogP contribution in [-0.2, 0) is 10.2 Å². The highest BCUT2D eigenvalue weighted by Gasteiger charge is 2.41. The molecule has 0 aromatic heterocycles. The number of benzene rings is 2. The SMILES string of the molecule is CCCOc1ccc(NC(=O)C2(c3ccc(Cl)cc3)CCCCC2)c(C#N)c1. The Morgan fingerprint density at radius 1 is 1.18 bits per heavy atom. The molecule has 0 bridgehead atoms. The normalized spacial score (nSPS) is 15.5. The van der Waals surface area contributed by atoms with Crippen molar-refractivity contribution in [3.63, 3.8) is 0 Å². The zero-order valence-corrected chi connectivity index (χ0v) is 16.9. The first kappa shape index (κ1) is 20.2. The molecule has 146 valence electrons. The summed E-state index contributed by atoms with van der Waals surface area (Å²) >= 11 is 6.05. The molecular weight excluding hydrogens is 372 g/mol. The number of nitriles is 1. The van der Waals surface area contributed by atoms with Gasteiger partial charge in [0.15, 0.2) is 0 Å². The van der Waals surface area contributed by atoms with Crippen molar-refractivity contribution in [2.24, 2.45) is 0 Å². The number of nitrogens with zero attached hydrogens (tertiary/aromatic N) is 1. The van der Waals surface area contributed by atoms with Crippen LogP contribution in [0.5, 0.6) is 5.75 Å². The largest absolute Gasteiger partial charge is 0.494 e. The average molecular weight is 397 g/mol. The molecular formula is C23H25ClN2O2. The predicted octanol–water partition coefficient (Wildman–Crippen LogP) is 5.84. The van der Waals surface area contributed by atoms with E-state index in [-0.39, 0.29) is 5.91 Å². The van der Waals surface area contributed by atoms with E-state index in [0.717, 1.165) is 44.1 Å². The summed E-state index contributed by atoms with van der Waals surface area (Å²) in [5.41, 5.74) is 1.32. The summed E-state index contributed by atoms with van der Waals surface area (Å²) in [5.74, 6) is 0.578. The Morgan fingerprint density at radius 2 is 1.89 bits per heavy atom. The van der Waals surface area contributed by atoms with Crippen molar-refractivity contribution < 1.29 is 9.53 Å². The Hall–Kier alpha value is -2.51. The molecule has 1 aliphatic carbocycles. The van der Waals surface area contributed by atoms with Gasteiger partial charge in [-0.25, -0.2) is 0 Å². The number of hydrogen-bond acceptors (Lipinski definition) is 3. The molecule has 28 heavy (non-hydrogen) atoms. The summed E-state index contributed by atoms with van der Waals surface area (Å²) in [6, 6.07) is 15.0. The third-order valence-corrected chi connectivity index (χ3v) is 5.62. The van der Waals surface area contributed by atoms with Gasteiger partial charge in [-0.1, -0.05) is 49.9 Å². The Kier molecular flexibility index (Phi) is 6.59. The van der Waals surface area contributed by atoms with Crippen LogP contribution in [0.25, 0.3) is 0 Å². The van der Waals surface area contributed by atoms with E-state index in [4.69, 9.17) is 16.3 Å². The summed E-state index contributed by atoms with van der Waals surface area (Å²) in [6.07, 6.45) is 5.62. The van der Waals surface area contributed by atoms with Crippen LogP contribution in [0.3, 0.4) is 0 Å². The van der Waals surface area contributed by atoms with Gasteiger partial charge in [0, 0.05) is 5.02 Å². The van der Waals surface area contributed by atoms with E-state index in [1.165, 1.54) is 0 Å². The monoisotopic (exact) mass is 396 g/mol. The number of nitrogens with one attached hydrogen (secondary N) is 1. The van der Waals surface area contributed by atoms with E-state index in [2.05, 4.69) is 11.4 Å². The van der Waals surface area contributed by atoms with Crippen molar-refractivity contribution >= 4 is 23.2 Å². The highest BCUT2D eigenvalue weighted by Crippen LogP contribution is 2.41. The molecule has 4 nitrogen and oxygen atoms in total. The molecule has 1 amide bonds. The first-order valence-electron chi connectivity index (χ1n) is 9.83. The van der Waals surface area contributed by atoms with Gasteiger partial charge in [0.25, 0.3) is 0 Å². The second kappa shape index (κ2) is 9.12. The molecule has 0 radical (unpaired) electrons. The minimum Gasteiger partial charge on any atom is -0.494 e. The van der Waals surface area contributed by atoms with Crippen molar-refractivity contribution in [2.45, 2.75) is 50.9 Å². The minimum atomic E-state index is -0.590. The maximum Gasteiger partial charge on any atom is 0.235 e. The predicted molar refractivity (Wildman–Crippen MR) is 112 cm³/mol. The number of ether oxygens (including phenoxy) is 1. The first-order valence-corrected chi connectivity index (χ1v) is 10.2. The van der Waals surface area contributed by atoms with E-state index in [9.17, 15) is 10.1 Å². The fourth-order valence-electron chi connectivity index (χ4n) is 3.85. The van der Waals surface area contributed by atoms with Crippen LogP contribution < -0.4 is 10.1 Å². The molecule has 0 heterocycles. The summed E-state index contributed by atoms with van der Waals surface area (Å²) in [5, 5.41) is 13.2. The second-order valence-electron chi connectivity index (χ2n) is 7.27. The lowest BCUT2D eigenvalue weighted by atomic mass is 9.68. The van der Waals surface area contributed by atoms with E-state index in [0.29, 0.717) is 28.6 Å². The van der Waals surface area contributed by atoms with E-state index < -0.39 is 5.41 Å². The Labute approximate surface area is 171 Å². The van der Waals surface area contributed by atoms with Crippen LogP contribution >= 0.6 is 11.6 Å². The lowest BCUT2D eigenvalue weighted by Gasteiger charge is -2.36. The molecule has 2 aromatic carbocycles. The Morgan fingerprint density at radius 3 is 2.54 bits per heavy atom. The highest BCUT2D eigenvalue weighted by atomic mass is 35.5. The van der Waals surface area contributed by atoms with Crippen molar-refractivity contribution in [3.05, 3.63) is 58.6 Å². The van der Waals surface area contributed by atoms with Crippen LogP contribution in [0.4, 0.5) is 5.69 Å². The van der Waals surface area contributed by atoms with Gasteiger partial charge in [0.2, 0.25) is 5.91 Å². The van der Waals surface area contributed by atoms with Crippen LogP contribution in [-0.4, -0.2) is 12.5 Å².